The molecule has 4 N–H and O–H groups in total. The Kier molecular flexibility index (Phi) is 3.89. The van der Waals surface area contributed by atoms with Crippen LogP contribution in [0.3, 0.4) is 0 Å². The van der Waals surface area contributed by atoms with Gasteiger partial charge in [0, 0.05) is 19.2 Å². The van der Waals surface area contributed by atoms with Crippen LogP contribution in [-0.4, -0.2) is 23.1 Å². The molecule has 1 fully saturated rings. The number of aromatic nitrogens is 2. The Hall–Kier alpha value is -1.52. The zero-order valence-corrected chi connectivity index (χ0v) is 11.3. The van der Waals surface area contributed by atoms with Crippen molar-refractivity contribution in [3.05, 3.63) is 6.07 Å². The molecule has 18 heavy (non-hydrogen) atoms. The van der Waals surface area contributed by atoms with Gasteiger partial charge in [0.15, 0.2) is 0 Å². The molecular weight excluding hydrogens is 226 g/mol. The summed E-state index contributed by atoms with van der Waals surface area (Å²) in [5, 5.41) is 6.56. The van der Waals surface area contributed by atoms with Gasteiger partial charge >= 0.3 is 0 Å². The summed E-state index contributed by atoms with van der Waals surface area (Å²) in [5.41, 5.74) is 6.21. The molecule has 0 amide bonds. The topological polar surface area (TPSA) is 75.9 Å². The summed E-state index contributed by atoms with van der Waals surface area (Å²) in [7, 11) is 0. The molecule has 0 radical (unpaired) electrons. The van der Waals surface area contributed by atoms with Gasteiger partial charge in [-0.25, -0.2) is 0 Å². The van der Waals surface area contributed by atoms with E-state index in [1.54, 1.807) is 0 Å². The van der Waals surface area contributed by atoms with Crippen molar-refractivity contribution in [3.8, 4) is 0 Å². The average Bonchev–Trinajstić information content (AvgIpc) is 3.07. The quantitative estimate of drug-likeness (QED) is 0.692. The Bertz CT molecular complexity index is 400. The summed E-state index contributed by atoms with van der Waals surface area (Å²) < 4.78 is 0. The van der Waals surface area contributed by atoms with Gasteiger partial charge in [-0.05, 0) is 31.6 Å². The number of hydrogen-bond donors (Lipinski definition) is 3. The minimum absolute atomic E-state index is 0.316. The number of nitrogens with zero attached hydrogens (tertiary/aromatic N) is 2. The van der Waals surface area contributed by atoms with E-state index in [2.05, 4.69) is 27.5 Å². The van der Waals surface area contributed by atoms with E-state index in [0.717, 1.165) is 24.7 Å². The van der Waals surface area contributed by atoms with Gasteiger partial charge in [-0.3, -0.25) is 0 Å². The highest BCUT2D eigenvalue weighted by Crippen LogP contribution is 2.49. The summed E-state index contributed by atoms with van der Waals surface area (Å²) in [4.78, 5) is 8.36. The lowest BCUT2D eigenvalue weighted by molar-refractivity contribution is 0.485. The van der Waals surface area contributed by atoms with Gasteiger partial charge in [-0.2, -0.15) is 9.97 Å². The fourth-order valence-corrected chi connectivity index (χ4v) is 2.33. The van der Waals surface area contributed by atoms with Gasteiger partial charge in [-0.15, -0.1) is 0 Å². The van der Waals surface area contributed by atoms with Gasteiger partial charge in [-0.1, -0.05) is 13.3 Å². The third-order valence-corrected chi connectivity index (χ3v) is 3.48. The van der Waals surface area contributed by atoms with E-state index in [0.29, 0.717) is 11.4 Å². The SMILES string of the molecule is CCCC1(CNc2cc(NCC)nc(N)n2)CC1. The fraction of sp³-hybridized carbons (Fsp3) is 0.692. The molecule has 0 aromatic carbocycles. The largest absolute Gasteiger partial charge is 0.370 e. The molecule has 0 atom stereocenters. The maximum atomic E-state index is 5.70. The van der Waals surface area contributed by atoms with Crippen LogP contribution >= 0.6 is 0 Å². The van der Waals surface area contributed by atoms with Crippen LogP contribution in [0.2, 0.25) is 0 Å². The summed E-state index contributed by atoms with van der Waals surface area (Å²) in [5.74, 6) is 1.92. The maximum absolute atomic E-state index is 5.70. The molecular formula is C13H23N5. The second-order valence-electron chi connectivity index (χ2n) is 5.13. The second-order valence-corrected chi connectivity index (χ2v) is 5.13. The molecule has 0 unspecified atom stereocenters. The zero-order chi connectivity index (χ0) is 13.0. The van der Waals surface area contributed by atoms with Crippen molar-refractivity contribution in [1.29, 1.82) is 0 Å². The second kappa shape index (κ2) is 5.42. The molecule has 1 heterocycles. The normalized spacial score (nSPS) is 16.3. The summed E-state index contributed by atoms with van der Waals surface area (Å²) in [6.45, 7) is 6.09. The van der Waals surface area contributed by atoms with E-state index in [1.807, 2.05) is 13.0 Å². The highest BCUT2D eigenvalue weighted by Gasteiger charge is 2.41. The molecule has 2 rings (SSSR count). The summed E-state index contributed by atoms with van der Waals surface area (Å²) >= 11 is 0. The molecule has 1 saturated carbocycles. The van der Waals surface area contributed by atoms with E-state index in [4.69, 9.17) is 5.73 Å². The molecule has 5 nitrogen and oxygen atoms in total. The van der Waals surface area contributed by atoms with Crippen molar-refractivity contribution in [3.63, 3.8) is 0 Å². The van der Waals surface area contributed by atoms with E-state index in [1.165, 1.54) is 25.7 Å². The predicted molar refractivity (Wildman–Crippen MR) is 75.7 cm³/mol. The Balaban J connectivity index is 1.96. The number of hydrogen-bond acceptors (Lipinski definition) is 5. The lowest BCUT2D eigenvalue weighted by Crippen LogP contribution is -2.16. The van der Waals surface area contributed by atoms with Crippen molar-refractivity contribution in [1.82, 2.24) is 9.97 Å². The van der Waals surface area contributed by atoms with Crippen LogP contribution in [0.5, 0.6) is 0 Å². The molecule has 1 aliphatic rings. The first-order chi connectivity index (χ1) is 8.67. The van der Waals surface area contributed by atoms with E-state index in [9.17, 15) is 0 Å². The van der Waals surface area contributed by atoms with Gasteiger partial charge in [0.05, 0.1) is 0 Å². The van der Waals surface area contributed by atoms with E-state index >= 15 is 0 Å². The standard InChI is InChI=1S/C13H23N5/c1-3-5-13(6-7-13)9-16-11-8-10(15-4-2)17-12(14)18-11/h8H,3-7,9H2,1-2H3,(H4,14,15,16,17,18). The van der Waals surface area contributed by atoms with Gasteiger partial charge in [0.1, 0.15) is 11.6 Å². The van der Waals surface area contributed by atoms with Crippen molar-refractivity contribution in [2.75, 3.05) is 29.5 Å². The summed E-state index contributed by atoms with van der Waals surface area (Å²) in [6.07, 6.45) is 5.19. The van der Waals surface area contributed by atoms with Crippen LogP contribution in [0.25, 0.3) is 0 Å². The number of nitrogen functional groups attached to an aromatic ring is 1. The molecule has 1 aromatic rings. The molecule has 0 aliphatic heterocycles. The number of nitrogens with two attached hydrogens (primary N) is 1. The highest BCUT2D eigenvalue weighted by atomic mass is 15.1. The maximum Gasteiger partial charge on any atom is 0.223 e. The molecule has 1 aliphatic carbocycles. The first-order valence-electron chi connectivity index (χ1n) is 6.80. The number of anilines is 3. The van der Waals surface area contributed by atoms with Gasteiger partial charge in [0.25, 0.3) is 0 Å². The monoisotopic (exact) mass is 249 g/mol. The van der Waals surface area contributed by atoms with E-state index < -0.39 is 0 Å². The first-order valence-corrected chi connectivity index (χ1v) is 6.80. The molecule has 1 aromatic heterocycles. The van der Waals surface area contributed by atoms with Crippen LogP contribution in [-0.2, 0) is 0 Å². The van der Waals surface area contributed by atoms with Crippen molar-refractivity contribution in [2.45, 2.75) is 39.5 Å². The number of rotatable bonds is 7. The Morgan fingerprint density at radius 1 is 1.22 bits per heavy atom. The van der Waals surface area contributed by atoms with Crippen LogP contribution < -0.4 is 16.4 Å². The molecule has 0 saturated heterocycles. The Morgan fingerprint density at radius 3 is 2.44 bits per heavy atom. The van der Waals surface area contributed by atoms with Crippen molar-refractivity contribution < 1.29 is 0 Å². The van der Waals surface area contributed by atoms with Crippen LogP contribution in [0.15, 0.2) is 6.07 Å². The van der Waals surface area contributed by atoms with Crippen molar-refractivity contribution in [2.24, 2.45) is 5.41 Å². The minimum atomic E-state index is 0.316. The fourth-order valence-electron chi connectivity index (χ4n) is 2.33. The lowest BCUT2D eigenvalue weighted by atomic mass is 10.0. The highest BCUT2D eigenvalue weighted by molar-refractivity contribution is 5.51. The Labute approximate surface area is 109 Å². The molecule has 5 heteroatoms. The molecule has 100 valence electrons. The third kappa shape index (κ3) is 3.24. The first kappa shape index (κ1) is 12.9. The smallest absolute Gasteiger partial charge is 0.223 e. The minimum Gasteiger partial charge on any atom is -0.370 e. The van der Waals surface area contributed by atoms with E-state index in [-0.39, 0.29) is 0 Å². The van der Waals surface area contributed by atoms with Crippen LogP contribution in [0, 0.1) is 5.41 Å². The number of nitrogens with one attached hydrogen (secondary N) is 2. The Morgan fingerprint density at radius 2 is 1.89 bits per heavy atom. The van der Waals surface area contributed by atoms with Gasteiger partial charge < -0.3 is 16.4 Å². The summed E-state index contributed by atoms with van der Waals surface area (Å²) in [6, 6.07) is 1.92. The molecule has 0 bridgehead atoms. The third-order valence-electron chi connectivity index (χ3n) is 3.48. The lowest BCUT2D eigenvalue weighted by Gasteiger charge is -2.16. The average molecular weight is 249 g/mol. The molecule has 0 spiro atoms. The zero-order valence-electron chi connectivity index (χ0n) is 11.3. The van der Waals surface area contributed by atoms with Crippen LogP contribution in [0.4, 0.5) is 17.6 Å². The van der Waals surface area contributed by atoms with Crippen molar-refractivity contribution >= 4 is 17.6 Å². The van der Waals surface area contributed by atoms with Gasteiger partial charge in [0.2, 0.25) is 5.95 Å². The predicted octanol–water partition coefficient (Wildman–Crippen LogP) is 2.48. The van der Waals surface area contributed by atoms with Crippen LogP contribution in [0.1, 0.15) is 39.5 Å².